The summed E-state index contributed by atoms with van der Waals surface area (Å²) in [6.07, 6.45) is 5.76. The predicted molar refractivity (Wildman–Crippen MR) is 81.3 cm³/mol. The predicted octanol–water partition coefficient (Wildman–Crippen LogP) is 4.58. The van der Waals surface area contributed by atoms with Crippen LogP contribution in [0.1, 0.15) is 46.0 Å². The first-order chi connectivity index (χ1) is 8.99. The Morgan fingerprint density at radius 1 is 1.26 bits per heavy atom. The van der Waals surface area contributed by atoms with Gasteiger partial charge in [-0.3, -0.25) is 0 Å². The Morgan fingerprint density at radius 3 is 2.58 bits per heavy atom. The van der Waals surface area contributed by atoms with E-state index in [-0.39, 0.29) is 11.4 Å². The van der Waals surface area contributed by atoms with Crippen LogP contribution < -0.4 is 11.1 Å². The Bertz CT molecular complexity index is 377. The molecule has 1 atom stereocenters. The van der Waals surface area contributed by atoms with Gasteiger partial charge in [0.05, 0.1) is 0 Å². The van der Waals surface area contributed by atoms with Gasteiger partial charge in [-0.15, -0.1) is 0 Å². The molecule has 4 heteroatoms. The van der Waals surface area contributed by atoms with Gasteiger partial charge in [-0.1, -0.05) is 44.2 Å². The number of hydrogen-bond acceptors (Lipinski definition) is 2. The van der Waals surface area contributed by atoms with Crippen molar-refractivity contribution in [3.63, 3.8) is 0 Å². The lowest BCUT2D eigenvalue weighted by atomic mass is 9.93. The molecule has 0 saturated heterocycles. The van der Waals surface area contributed by atoms with Gasteiger partial charge in [-0.05, 0) is 31.5 Å². The van der Waals surface area contributed by atoms with Crippen molar-refractivity contribution in [1.82, 2.24) is 0 Å². The van der Waals surface area contributed by atoms with E-state index in [0.717, 1.165) is 12.8 Å². The Hall–Kier alpha value is -0.800. The Balaban J connectivity index is 2.63. The van der Waals surface area contributed by atoms with Crippen molar-refractivity contribution in [1.29, 1.82) is 0 Å². The summed E-state index contributed by atoms with van der Waals surface area (Å²) in [6, 6.07) is 4.48. The molecular formula is C15H24ClFN2. The number of rotatable bonds is 8. The number of benzene rings is 1. The van der Waals surface area contributed by atoms with Crippen LogP contribution >= 0.6 is 11.6 Å². The summed E-state index contributed by atoms with van der Waals surface area (Å²) < 4.78 is 13.3. The molecule has 0 aliphatic rings. The zero-order valence-corrected chi connectivity index (χ0v) is 12.6. The molecule has 1 unspecified atom stereocenters. The van der Waals surface area contributed by atoms with Gasteiger partial charge in [-0.2, -0.15) is 0 Å². The lowest BCUT2D eigenvalue weighted by Gasteiger charge is -2.31. The summed E-state index contributed by atoms with van der Waals surface area (Å²) in [7, 11) is 0. The monoisotopic (exact) mass is 286 g/mol. The molecule has 0 spiro atoms. The van der Waals surface area contributed by atoms with E-state index in [1.54, 1.807) is 6.07 Å². The highest BCUT2D eigenvalue weighted by Crippen LogP contribution is 2.24. The first-order valence-electron chi connectivity index (χ1n) is 6.93. The van der Waals surface area contributed by atoms with Crippen LogP contribution in [0.3, 0.4) is 0 Å². The van der Waals surface area contributed by atoms with Gasteiger partial charge in [0.25, 0.3) is 0 Å². The van der Waals surface area contributed by atoms with Crippen molar-refractivity contribution >= 4 is 17.3 Å². The molecule has 0 radical (unpaired) electrons. The normalized spacial score (nSPS) is 14.2. The number of halogens is 2. The van der Waals surface area contributed by atoms with Crippen molar-refractivity contribution in [2.75, 3.05) is 11.9 Å². The van der Waals surface area contributed by atoms with Crippen LogP contribution in [0, 0.1) is 5.82 Å². The Kier molecular flexibility index (Phi) is 6.59. The molecule has 0 fully saturated rings. The van der Waals surface area contributed by atoms with Crippen LogP contribution in [-0.2, 0) is 0 Å². The van der Waals surface area contributed by atoms with Gasteiger partial charge < -0.3 is 11.1 Å². The number of anilines is 1. The molecule has 0 aliphatic carbocycles. The maximum atomic E-state index is 13.3. The van der Waals surface area contributed by atoms with Crippen LogP contribution in [0.5, 0.6) is 0 Å². The molecular weight excluding hydrogens is 263 g/mol. The quantitative estimate of drug-likeness (QED) is 0.687. The maximum Gasteiger partial charge on any atom is 0.126 e. The molecule has 108 valence electrons. The zero-order chi connectivity index (χ0) is 14.3. The Morgan fingerprint density at radius 2 is 2.00 bits per heavy atom. The van der Waals surface area contributed by atoms with Gasteiger partial charge in [0, 0.05) is 22.8 Å². The molecule has 1 aromatic carbocycles. The summed E-state index contributed by atoms with van der Waals surface area (Å²) in [6.45, 7) is 4.76. The standard InChI is InChI=1S/C15H24ClFN2/c1-3-4-5-6-7-15(2,11-18)19-14-9-12(16)8-13(17)10-14/h8-10,19H,3-7,11,18H2,1-2H3. The van der Waals surface area contributed by atoms with E-state index >= 15 is 0 Å². The summed E-state index contributed by atoms with van der Waals surface area (Å²) in [5.41, 5.74) is 6.33. The molecule has 0 saturated carbocycles. The average molecular weight is 287 g/mol. The molecule has 0 aromatic heterocycles. The van der Waals surface area contributed by atoms with Crippen molar-refractivity contribution in [2.24, 2.45) is 5.73 Å². The highest BCUT2D eigenvalue weighted by atomic mass is 35.5. The molecule has 0 bridgehead atoms. The molecule has 3 N–H and O–H groups in total. The first kappa shape index (κ1) is 16.3. The lowest BCUT2D eigenvalue weighted by Crippen LogP contribution is -2.42. The van der Waals surface area contributed by atoms with Crippen molar-refractivity contribution in [3.8, 4) is 0 Å². The molecule has 0 aliphatic heterocycles. The average Bonchev–Trinajstić information content (AvgIpc) is 2.33. The van der Waals surface area contributed by atoms with Crippen LogP contribution in [0.4, 0.5) is 10.1 Å². The molecule has 19 heavy (non-hydrogen) atoms. The smallest absolute Gasteiger partial charge is 0.126 e. The van der Waals surface area contributed by atoms with Crippen LogP contribution in [-0.4, -0.2) is 12.1 Å². The summed E-state index contributed by atoms with van der Waals surface area (Å²) in [4.78, 5) is 0. The molecule has 0 amide bonds. The van der Waals surface area contributed by atoms with E-state index in [0.29, 0.717) is 17.3 Å². The second-order valence-electron chi connectivity index (χ2n) is 5.36. The van der Waals surface area contributed by atoms with E-state index < -0.39 is 0 Å². The molecule has 0 heterocycles. The van der Waals surface area contributed by atoms with Crippen LogP contribution in [0.15, 0.2) is 18.2 Å². The van der Waals surface area contributed by atoms with E-state index in [9.17, 15) is 4.39 Å². The first-order valence-corrected chi connectivity index (χ1v) is 7.31. The minimum Gasteiger partial charge on any atom is -0.378 e. The van der Waals surface area contributed by atoms with E-state index in [1.807, 2.05) is 0 Å². The summed E-state index contributed by atoms with van der Waals surface area (Å²) in [5, 5.41) is 3.71. The maximum absolute atomic E-state index is 13.3. The number of nitrogens with one attached hydrogen (secondary N) is 1. The lowest BCUT2D eigenvalue weighted by molar-refractivity contribution is 0.451. The Labute approximate surface area is 120 Å². The van der Waals surface area contributed by atoms with Crippen LogP contribution in [0.25, 0.3) is 0 Å². The van der Waals surface area contributed by atoms with Crippen molar-refractivity contribution in [2.45, 2.75) is 51.5 Å². The molecule has 1 aromatic rings. The number of hydrogen-bond donors (Lipinski definition) is 2. The van der Waals surface area contributed by atoms with Gasteiger partial charge in [0.2, 0.25) is 0 Å². The number of nitrogens with two attached hydrogens (primary N) is 1. The fraction of sp³-hybridized carbons (Fsp3) is 0.600. The van der Waals surface area contributed by atoms with Crippen molar-refractivity contribution < 1.29 is 4.39 Å². The highest BCUT2D eigenvalue weighted by molar-refractivity contribution is 6.30. The largest absolute Gasteiger partial charge is 0.378 e. The van der Waals surface area contributed by atoms with E-state index in [4.69, 9.17) is 17.3 Å². The highest BCUT2D eigenvalue weighted by Gasteiger charge is 2.21. The minimum absolute atomic E-state index is 0.217. The van der Waals surface area contributed by atoms with Gasteiger partial charge >= 0.3 is 0 Å². The van der Waals surface area contributed by atoms with Crippen molar-refractivity contribution in [3.05, 3.63) is 29.0 Å². The van der Waals surface area contributed by atoms with Crippen LogP contribution in [0.2, 0.25) is 5.02 Å². The number of unbranched alkanes of at least 4 members (excludes halogenated alkanes) is 3. The third kappa shape index (κ3) is 5.79. The summed E-state index contributed by atoms with van der Waals surface area (Å²) >= 11 is 5.86. The third-order valence-electron chi connectivity index (χ3n) is 3.34. The topological polar surface area (TPSA) is 38.0 Å². The molecule has 1 rings (SSSR count). The minimum atomic E-state index is -0.333. The fourth-order valence-electron chi connectivity index (χ4n) is 2.13. The zero-order valence-electron chi connectivity index (χ0n) is 11.8. The SMILES string of the molecule is CCCCCCC(C)(CN)Nc1cc(F)cc(Cl)c1. The van der Waals surface area contributed by atoms with E-state index in [1.165, 1.54) is 31.4 Å². The fourth-order valence-corrected chi connectivity index (χ4v) is 2.35. The van der Waals surface area contributed by atoms with Gasteiger partial charge in [-0.25, -0.2) is 4.39 Å². The molecule has 2 nitrogen and oxygen atoms in total. The second-order valence-corrected chi connectivity index (χ2v) is 5.80. The second kappa shape index (κ2) is 7.71. The van der Waals surface area contributed by atoms with E-state index in [2.05, 4.69) is 19.2 Å². The third-order valence-corrected chi connectivity index (χ3v) is 3.56. The van der Waals surface area contributed by atoms with Gasteiger partial charge in [0.1, 0.15) is 5.82 Å². The van der Waals surface area contributed by atoms with Gasteiger partial charge in [0.15, 0.2) is 0 Å². The summed E-state index contributed by atoms with van der Waals surface area (Å²) in [5.74, 6) is -0.333.